The lowest BCUT2D eigenvalue weighted by Crippen LogP contribution is -2.04. The molecule has 1 aromatic heterocycles. The van der Waals surface area contributed by atoms with Crippen LogP contribution in [0, 0.1) is 0 Å². The van der Waals surface area contributed by atoms with E-state index in [0.717, 1.165) is 5.39 Å². The molecule has 3 aromatic rings. The number of aromatic hydroxyl groups is 1. The molecule has 3 rings (SSSR count). The summed E-state index contributed by atoms with van der Waals surface area (Å²) in [6.45, 7) is 3.93. The molecule has 0 fully saturated rings. The lowest BCUT2D eigenvalue weighted by atomic mass is 10.0. The van der Waals surface area contributed by atoms with Gasteiger partial charge in [-0.1, -0.05) is 13.0 Å². The molecule has 0 saturated heterocycles. The predicted molar refractivity (Wildman–Crippen MR) is 106 cm³/mol. The molecule has 0 aliphatic carbocycles. The molecule has 0 saturated carbocycles. The summed E-state index contributed by atoms with van der Waals surface area (Å²) >= 11 is 0. The van der Waals surface area contributed by atoms with Gasteiger partial charge in [-0.05, 0) is 49.7 Å². The first-order chi connectivity index (χ1) is 13.4. The standard InChI is InChI=1S/C21H20N2O5/c1-3-16(22-14-8-5-12(6-9-14)20(25)26)18-15-10-7-13(21(27)28-4-2)11-17(15)23-19(18)24/h5-11,23-24H,3-4H2,1-2H3,(H,25,26). The van der Waals surface area contributed by atoms with Gasteiger partial charge >= 0.3 is 11.9 Å². The van der Waals surface area contributed by atoms with E-state index in [1.165, 1.54) is 12.1 Å². The number of nitrogens with zero attached hydrogens (tertiary/aromatic N) is 1. The minimum absolute atomic E-state index is 0.0428. The fourth-order valence-corrected chi connectivity index (χ4v) is 2.96. The van der Waals surface area contributed by atoms with Crippen LogP contribution in [-0.2, 0) is 4.74 Å². The number of aromatic carboxylic acids is 1. The van der Waals surface area contributed by atoms with E-state index in [1.54, 1.807) is 37.3 Å². The van der Waals surface area contributed by atoms with Crippen molar-refractivity contribution in [2.45, 2.75) is 20.3 Å². The van der Waals surface area contributed by atoms with E-state index in [4.69, 9.17) is 9.84 Å². The second kappa shape index (κ2) is 7.96. The molecule has 1 heterocycles. The Bertz CT molecular complexity index is 1060. The molecule has 0 amide bonds. The third-order valence-corrected chi connectivity index (χ3v) is 4.29. The number of ether oxygens (including phenoxy) is 1. The number of fused-ring (bicyclic) bond motifs is 1. The highest BCUT2D eigenvalue weighted by molar-refractivity contribution is 6.14. The van der Waals surface area contributed by atoms with E-state index >= 15 is 0 Å². The van der Waals surface area contributed by atoms with Gasteiger partial charge in [0.05, 0.1) is 34.7 Å². The van der Waals surface area contributed by atoms with Crippen LogP contribution >= 0.6 is 0 Å². The van der Waals surface area contributed by atoms with Crippen LogP contribution < -0.4 is 0 Å². The Kier molecular flexibility index (Phi) is 5.44. The highest BCUT2D eigenvalue weighted by Gasteiger charge is 2.17. The third-order valence-electron chi connectivity index (χ3n) is 4.29. The quantitative estimate of drug-likeness (QED) is 0.436. The van der Waals surface area contributed by atoms with Gasteiger partial charge in [0.2, 0.25) is 0 Å². The molecule has 2 aromatic carbocycles. The first-order valence-electron chi connectivity index (χ1n) is 8.87. The van der Waals surface area contributed by atoms with Gasteiger partial charge < -0.3 is 19.9 Å². The molecule has 28 heavy (non-hydrogen) atoms. The Morgan fingerprint density at radius 1 is 1.07 bits per heavy atom. The van der Waals surface area contributed by atoms with E-state index in [0.29, 0.717) is 34.5 Å². The fraction of sp³-hybridized carbons (Fsp3) is 0.190. The van der Waals surface area contributed by atoms with E-state index in [-0.39, 0.29) is 18.1 Å². The predicted octanol–water partition coefficient (Wildman–Crippen LogP) is 4.28. The van der Waals surface area contributed by atoms with Crippen molar-refractivity contribution in [3.05, 3.63) is 59.2 Å². The summed E-state index contributed by atoms with van der Waals surface area (Å²) in [6.07, 6.45) is 0.542. The van der Waals surface area contributed by atoms with Crippen LogP contribution in [0.4, 0.5) is 5.69 Å². The second-order valence-electron chi connectivity index (χ2n) is 6.09. The number of carbonyl (C=O) groups is 2. The van der Waals surface area contributed by atoms with Gasteiger partial charge in [-0.3, -0.25) is 4.99 Å². The maximum absolute atomic E-state index is 11.9. The van der Waals surface area contributed by atoms with Gasteiger partial charge in [-0.25, -0.2) is 9.59 Å². The van der Waals surface area contributed by atoms with E-state index in [2.05, 4.69) is 9.98 Å². The number of rotatable bonds is 6. The number of nitrogens with one attached hydrogen (secondary N) is 1. The summed E-state index contributed by atoms with van der Waals surface area (Å²) in [5.41, 5.74) is 2.94. The van der Waals surface area contributed by atoms with Crippen molar-refractivity contribution >= 4 is 34.2 Å². The molecule has 3 N–H and O–H groups in total. The number of benzene rings is 2. The number of hydrogen-bond donors (Lipinski definition) is 3. The molecule has 144 valence electrons. The molecular formula is C21H20N2O5. The molecule has 0 aliphatic rings. The summed E-state index contributed by atoms with van der Waals surface area (Å²) in [4.78, 5) is 30.3. The van der Waals surface area contributed by atoms with Crippen molar-refractivity contribution in [3.8, 4) is 5.88 Å². The van der Waals surface area contributed by atoms with Gasteiger partial charge in [-0.2, -0.15) is 0 Å². The third kappa shape index (κ3) is 3.73. The van der Waals surface area contributed by atoms with Crippen molar-refractivity contribution < 1.29 is 24.5 Å². The second-order valence-corrected chi connectivity index (χ2v) is 6.09. The van der Waals surface area contributed by atoms with Crippen LogP contribution in [0.1, 0.15) is 46.5 Å². The van der Waals surface area contributed by atoms with Crippen molar-refractivity contribution in [2.24, 2.45) is 4.99 Å². The highest BCUT2D eigenvalue weighted by atomic mass is 16.5. The molecule has 7 nitrogen and oxygen atoms in total. The van der Waals surface area contributed by atoms with Gasteiger partial charge in [-0.15, -0.1) is 0 Å². The molecule has 0 radical (unpaired) electrons. The van der Waals surface area contributed by atoms with E-state index in [1.807, 2.05) is 6.92 Å². The number of carboxylic acids is 1. The summed E-state index contributed by atoms with van der Waals surface area (Å²) in [5, 5.41) is 20.2. The summed E-state index contributed by atoms with van der Waals surface area (Å²) in [5.74, 6) is -1.47. The normalized spacial score (nSPS) is 11.6. The monoisotopic (exact) mass is 380 g/mol. The molecule has 0 bridgehead atoms. The van der Waals surface area contributed by atoms with E-state index in [9.17, 15) is 14.7 Å². The Morgan fingerprint density at radius 3 is 2.36 bits per heavy atom. The number of hydrogen-bond acceptors (Lipinski definition) is 5. The number of H-pyrrole nitrogens is 1. The molecule has 0 spiro atoms. The minimum atomic E-state index is -1.00. The van der Waals surface area contributed by atoms with Gasteiger partial charge in [0.15, 0.2) is 5.88 Å². The SMILES string of the molecule is CCOC(=O)c1ccc2c(C(CC)=Nc3ccc(C(=O)O)cc3)c(O)[nH]c2c1. The fourth-order valence-electron chi connectivity index (χ4n) is 2.96. The Labute approximate surface area is 161 Å². The van der Waals surface area contributed by atoms with E-state index < -0.39 is 11.9 Å². The topological polar surface area (TPSA) is 112 Å². The van der Waals surface area contributed by atoms with Crippen molar-refractivity contribution in [2.75, 3.05) is 6.61 Å². The zero-order valence-corrected chi connectivity index (χ0v) is 15.5. The average molecular weight is 380 g/mol. The maximum Gasteiger partial charge on any atom is 0.338 e. The molecule has 0 atom stereocenters. The zero-order valence-electron chi connectivity index (χ0n) is 15.5. The first-order valence-corrected chi connectivity index (χ1v) is 8.87. The number of esters is 1. The highest BCUT2D eigenvalue weighted by Crippen LogP contribution is 2.31. The average Bonchev–Trinajstić information content (AvgIpc) is 3.01. The molecule has 7 heteroatoms. The molecule has 0 unspecified atom stereocenters. The summed E-state index contributed by atoms with van der Waals surface area (Å²) < 4.78 is 5.01. The largest absolute Gasteiger partial charge is 0.494 e. The molecule has 0 aliphatic heterocycles. The Morgan fingerprint density at radius 2 is 1.75 bits per heavy atom. The van der Waals surface area contributed by atoms with Crippen molar-refractivity contribution in [3.63, 3.8) is 0 Å². The smallest absolute Gasteiger partial charge is 0.338 e. The van der Waals surface area contributed by atoms with Crippen LogP contribution in [-0.4, -0.2) is 39.5 Å². The van der Waals surface area contributed by atoms with Gasteiger partial charge in [0.25, 0.3) is 0 Å². The van der Waals surface area contributed by atoms with Crippen LogP contribution in [0.5, 0.6) is 5.88 Å². The number of carboxylic acid groups (broad SMARTS) is 1. The lowest BCUT2D eigenvalue weighted by Gasteiger charge is -2.05. The first kappa shape index (κ1) is 19.2. The van der Waals surface area contributed by atoms with Gasteiger partial charge in [0.1, 0.15) is 0 Å². The number of aromatic nitrogens is 1. The Balaban J connectivity index is 2.03. The van der Waals surface area contributed by atoms with Crippen molar-refractivity contribution in [1.29, 1.82) is 0 Å². The minimum Gasteiger partial charge on any atom is -0.494 e. The lowest BCUT2D eigenvalue weighted by molar-refractivity contribution is 0.0526. The number of aromatic amines is 1. The summed E-state index contributed by atoms with van der Waals surface area (Å²) in [7, 11) is 0. The van der Waals surface area contributed by atoms with Crippen LogP contribution in [0.15, 0.2) is 47.5 Å². The number of carbonyl (C=O) groups excluding carboxylic acids is 1. The van der Waals surface area contributed by atoms with Crippen LogP contribution in [0.2, 0.25) is 0 Å². The zero-order chi connectivity index (χ0) is 20.3. The van der Waals surface area contributed by atoms with Crippen LogP contribution in [0.25, 0.3) is 10.9 Å². The molecular weight excluding hydrogens is 360 g/mol. The van der Waals surface area contributed by atoms with Crippen LogP contribution in [0.3, 0.4) is 0 Å². The van der Waals surface area contributed by atoms with Gasteiger partial charge in [0, 0.05) is 10.9 Å². The maximum atomic E-state index is 11.9. The number of aliphatic imine (C=N–C) groups is 1. The summed E-state index contributed by atoms with van der Waals surface area (Å²) in [6, 6.07) is 11.2. The van der Waals surface area contributed by atoms with Crippen molar-refractivity contribution in [1.82, 2.24) is 4.98 Å². The Hall–Kier alpha value is -3.61.